The van der Waals surface area contributed by atoms with Crippen LogP contribution >= 0.6 is 0 Å². The number of aromatic nitrogens is 13. The molecule has 7 aromatic heterocycles. The highest BCUT2D eigenvalue weighted by Crippen LogP contribution is 2.23. The first-order valence-electron chi connectivity index (χ1n) is 18.2. The normalized spacial score (nSPS) is 10.8. The van der Waals surface area contributed by atoms with Crippen molar-refractivity contribution >= 4 is 57.1 Å². The van der Waals surface area contributed by atoms with E-state index in [1.165, 1.54) is 40.0 Å². The largest absolute Gasteiger partial charge is 0.466 e. The van der Waals surface area contributed by atoms with E-state index in [0.717, 1.165) is 16.6 Å². The number of hydrogen-bond acceptors (Lipinski definition) is 15. The standard InChI is InChI=1S/C19H13N7O2.C14H14N2O4.C7H7N5/c1-11(27)25-16-6-5-12(8-13(16)10-21-25)15-9-17(28)26-19(22-15)23-18(24-26)14-4-2-3-7-20-14;1-3-20-14(19)7-13(18)10-4-5-12-11(6-10)8-15-16(12)9(2)17;8-7-10-6(11-12-7)5-3-1-2-4-9-5/h2-10H,1H3,(H,22,23,24);4-6,8H,3,7H2,1-2H3;1-4H,(H3,8,10,11,12). The maximum absolute atomic E-state index is 12.5. The zero-order valence-corrected chi connectivity index (χ0v) is 32.2. The summed E-state index contributed by atoms with van der Waals surface area (Å²) in [5, 5.41) is 18.8. The first kappa shape index (κ1) is 39.7. The van der Waals surface area contributed by atoms with Crippen LogP contribution in [0.4, 0.5) is 5.95 Å². The fourth-order valence-corrected chi connectivity index (χ4v) is 5.88. The molecule has 0 spiro atoms. The maximum atomic E-state index is 12.5. The Kier molecular flexibility index (Phi) is 11.4. The van der Waals surface area contributed by atoms with Gasteiger partial charge in [0.25, 0.3) is 11.3 Å². The zero-order valence-electron chi connectivity index (χ0n) is 32.2. The van der Waals surface area contributed by atoms with Gasteiger partial charge in [0.05, 0.1) is 35.7 Å². The Hall–Kier alpha value is -8.55. The molecule has 20 nitrogen and oxygen atoms in total. The van der Waals surface area contributed by atoms with Crippen molar-refractivity contribution in [2.24, 2.45) is 0 Å². The topological polar surface area (TPSA) is 270 Å². The number of carbonyl (C=O) groups excluding carboxylic acids is 4. The molecule has 300 valence electrons. The molecule has 9 rings (SSSR count). The Morgan fingerprint density at radius 1 is 0.733 bits per heavy atom. The smallest absolute Gasteiger partial charge is 0.313 e. The first-order valence-corrected chi connectivity index (χ1v) is 18.2. The fourth-order valence-electron chi connectivity index (χ4n) is 5.88. The number of esters is 1. The second-order valence-corrected chi connectivity index (χ2v) is 12.8. The van der Waals surface area contributed by atoms with E-state index in [1.54, 1.807) is 68.0 Å². The lowest BCUT2D eigenvalue weighted by molar-refractivity contribution is -0.141. The minimum absolute atomic E-state index is 0.167. The Bertz CT molecular complexity index is 3080. The molecule has 4 N–H and O–H groups in total. The van der Waals surface area contributed by atoms with Gasteiger partial charge < -0.3 is 10.5 Å². The Morgan fingerprint density at radius 2 is 1.37 bits per heavy atom. The van der Waals surface area contributed by atoms with Crippen molar-refractivity contribution in [3.63, 3.8) is 0 Å². The minimum atomic E-state index is -0.544. The summed E-state index contributed by atoms with van der Waals surface area (Å²) in [5.74, 6) is 0.301. The van der Waals surface area contributed by atoms with E-state index >= 15 is 0 Å². The van der Waals surface area contributed by atoms with Gasteiger partial charge in [-0.2, -0.15) is 24.7 Å². The summed E-state index contributed by atoms with van der Waals surface area (Å²) in [6.45, 7) is 4.79. The summed E-state index contributed by atoms with van der Waals surface area (Å²) in [4.78, 5) is 79.8. The van der Waals surface area contributed by atoms with Gasteiger partial charge in [0.2, 0.25) is 17.8 Å². The van der Waals surface area contributed by atoms with Gasteiger partial charge in [0.1, 0.15) is 17.8 Å². The molecule has 0 amide bonds. The number of hydrogen-bond donors (Lipinski definition) is 3. The molecule has 0 aliphatic heterocycles. The third kappa shape index (κ3) is 8.71. The summed E-state index contributed by atoms with van der Waals surface area (Å²) >= 11 is 0. The number of aromatic amines is 2. The van der Waals surface area contributed by atoms with Crippen LogP contribution < -0.4 is 11.3 Å². The van der Waals surface area contributed by atoms with Crippen molar-refractivity contribution in [2.45, 2.75) is 27.2 Å². The van der Waals surface area contributed by atoms with E-state index in [0.29, 0.717) is 45.0 Å². The molecule has 0 atom stereocenters. The van der Waals surface area contributed by atoms with Crippen LogP contribution in [0.15, 0.2) is 108 Å². The lowest BCUT2D eigenvalue weighted by Gasteiger charge is -2.02. The third-order valence-electron chi connectivity index (χ3n) is 8.61. The van der Waals surface area contributed by atoms with Crippen LogP contribution in [0.25, 0.3) is 61.9 Å². The predicted molar refractivity (Wildman–Crippen MR) is 218 cm³/mol. The van der Waals surface area contributed by atoms with Gasteiger partial charge in [-0.3, -0.25) is 44.1 Å². The second kappa shape index (κ2) is 17.3. The minimum Gasteiger partial charge on any atom is -0.466 e. The molecule has 0 aliphatic rings. The lowest BCUT2D eigenvalue weighted by atomic mass is 10.1. The number of ketones is 1. The first-order chi connectivity index (χ1) is 29.0. The number of fused-ring (bicyclic) bond motifs is 3. The van der Waals surface area contributed by atoms with Crippen LogP contribution in [0.2, 0.25) is 0 Å². The number of rotatable bonds is 7. The highest BCUT2D eigenvalue weighted by molar-refractivity contribution is 6.07. The number of ether oxygens (including phenoxy) is 1. The summed E-state index contributed by atoms with van der Waals surface area (Å²) in [7, 11) is 0. The average Bonchev–Trinajstić information content (AvgIpc) is 4.07. The van der Waals surface area contributed by atoms with Crippen LogP contribution in [0.3, 0.4) is 0 Å². The molecule has 0 aliphatic carbocycles. The quantitative estimate of drug-likeness (QED) is 0.114. The Balaban J connectivity index is 0.000000148. The molecule has 0 bridgehead atoms. The number of H-pyrrole nitrogens is 2. The number of benzene rings is 2. The third-order valence-corrected chi connectivity index (χ3v) is 8.61. The molecule has 20 heteroatoms. The number of anilines is 1. The van der Waals surface area contributed by atoms with E-state index in [-0.39, 0.29) is 47.9 Å². The van der Waals surface area contributed by atoms with Crippen molar-refractivity contribution in [3.05, 3.63) is 120 Å². The van der Waals surface area contributed by atoms with Gasteiger partial charge in [0.15, 0.2) is 17.4 Å². The fraction of sp³-hybridized carbons (Fsp3) is 0.125. The zero-order chi connectivity index (χ0) is 42.3. The molecule has 0 saturated heterocycles. The van der Waals surface area contributed by atoms with Crippen molar-refractivity contribution in [3.8, 4) is 34.3 Å². The van der Waals surface area contributed by atoms with E-state index in [1.807, 2.05) is 30.3 Å². The molecular formula is C40H34N14O6. The van der Waals surface area contributed by atoms with Gasteiger partial charge in [-0.1, -0.05) is 18.2 Å². The summed E-state index contributed by atoms with van der Waals surface area (Å²) in [5.41, 5.74) is 9.36. The molecular weight excluding hydrogens is 773 g/mol. The van der Waals surface area contributed by atoms with E-state index in [4.69, 9.17) is 10.5 Å². The number of nitrogens with two attached hydrogens (primary N) is 1. The van der Waals surface area contributed by atoms with Gasteiger partial charge in [-0.15, -0.1) is 5.10 Å². The lowest BCUT2D eigenvalue weighted by Crippen LogP contribution is -2.14. The van der Waals surface area contributed by atoms with Crippen LogP contribution in [-0.4, -0.2) is 94.5 Å². The van der Waals surface area contributed by atoms with E-state index < -0.39 is 5.97 Å². The molecule has 60 heavy (non-hydrogen) atoms. The molecule has 0 fully saturated rings. The average molecular weight is 807 g/mol. The van der Waals surface area contributed by atoms with Crippen molar-refractivity contribution in [2.75, 3.05) is 12.3 Å². The molecule has 7 heterocycles. The number of carbonyl (C=O) groups is 4. The predicted octanol–water partition coefficient (Wildman–Crippen LogP) is 4.44. The SMILES string of the molecule is CC(=O)n1ncc2cc(-c3cc(=O)n4[nH]c(-c5ccccn5)nc4n3)ccc21.CCOC(=O)CC(=O)c1ccc2c(cnn2C(C)=O)c1.Nc1n[nH]c(-c2ccccn2)n1. The summed E-state index contributed by atoms with van der Waals surface area (Å²) in [6, 6.07) is 22.7. The van der Waals surface area contributed by atoms with Crippen LogP contribution in [0, 0.1) is 0 Å². The van der Waals surface area contributed by atoms with Crippen LogP contribution in [0.5, 0.6) is 0 Å². The second-order valence-electron chi connectivity index (χ2n) is 12.8. The van der Waals surface area contributed by atoms with Crippen molar-refractivity contribution in [1.82, 2.24) is 64.3 Å². The molecule has 0 unspecified atom stereocenters. The van der Waals surface area contributed by atoms with Gasteiger partial charge in [0, 0.05) is 54.2 Å². The monoisotopic (exact) mass is 806 g/mol. The van der Waals surface area contributed by atoms with Crippen molar-refractivity contribution < 1.29 is 23.9 Å². The molecule has 9 aromatic rings. The number of nitrogen functional groups attached to an aromatic ring is 1. The molecule has 0 radical (unpaired) electrons. The number of nitrogens with zero attached hydrogens (tertiary/aromatic N) is 11. The van der Waals surface area contributed by atoms with Gasteiger partial charge >= 0.3 is 5.97 Å². The van der Waals surface area contributed by atoms with Gasteiger partial charge in [-0.05, 0) is 61.5 Å². The van der Waals surface area contributed by atoms with Crippen LogP contribution in [0.1, 0.15) is 47.1 Å². The molecule has 2 aromatic carbocycles. The maximum Gasteiger partial charge on any atom is 0.313 e. The summed E-state index contributed by atoms with van der Waals surface area (Å²) in [6.07, 6.45) is 6.17. The van der Waals surface area contributed by atoms with Crippen molar-refractivity contribution in [1.29, 1.82) is 0 Å². The number of nitrogens with one attached hydrogen (secondary N) is 2. The van der Waals surface area contributed by atoms with Crippen LogP contribution in [-0.2, 0) is 9.53 Å². The van der Waals surface area contributed by atoms with Gasteiger partial charge in [-0.25, -0.2) is 14.3 Å². The Labute approximate surface area is 338 Å². The molecule has 0 saturated carbocycles. The highest BCUT2D eigenvalue weighted by Gasteiger charge is 2.16. The van der Waals surface area contributed by atoms with E-state index in [2.05, 4.69) is 50.4 Å². The van der Waals surface area contributed by atoms with E-state index in [9.17, 15) is 24.0 Å². The number of Topliss-reactive ketones (excluding diaryl/α,β-unsaturated/α-hetero) is 1. The Morgan fingerprint density at radius 3 is 1.95 bits per heavy atom. The number of pyridine rings is 2. The highest BCUT2D eigenvalue weighted by atomic mass is 16.5. The summed E-state index contributed by atoms with van der Waals surface area (Å²) < 4.78 is 8.60.